The minimum Gasteiger partial charge on any atom is -0.480 e. The van der Waals surface area contributed by atoms with Crippen LogP contribution in [0.2, 0.25) is 0 Å². The molecule has 0 spiro atoms. The zero-order chi connectivity index (χ0) is 18.4. The van der Waals surface area contributed by atoms with Gasteiger partial charge in [-0.1, -0.05) is 30.3 Å². The minimum absolute atomic E-state index is 0.428. The highest BCUT2D eigenvalue weighted by molar-refractivity contribution is 7.71. The molecule has 9 heteroatoms. The van der Waals surface area contributed by atoms with Crippen molar-refractivity contribution in [2.24, 2.45) is 0 Å². The number of hydrogen-bond donors (Lipinski definition) is 4. The summed E-state index contributed by atoms with van der Waals surface area (Å²) in [6.07, 6.45) is 4.37. The molecule has 0 amide bonds. The fraction of sp³-hybridized carbons (Fsp3) is 0.294. The first kappa shape index (κ1) is 18.0. The molecule has 0 bridgehead atoms. The number of hydrogen-bond acceptors (Lipinski definition) is 5. The maximum absolute atomic E-state index is 11.5. The van der Waals surface area contributed by atoms with Gasteiger partial charge in [-0.3, -0.25) is 15.2 Å². The zero-order valence-electron chi connectivity index (χ0n) is 14.1. The molecule has 2 aromatic heterocycles. The summed E-state index contributed by atoms with van der Waals surface area (Å²) in [6, 6.07) is 9.12. The van der Waals surface area contributed by atoms with Gasteiger partial charge < -0.3 is 14.7 Å². The first-order chi connectivity index (χ1) is 12.6. The second kappa shape index (κ2) is 8.54. The van der Waals surface area contributed by atoms with E-state index in [9.17, 15) is 9.90 Å². The van der Waals surface area contributed by atoms with Crippen molar-refractivity contribution in [1.82, 2.24) is 30.0 Å². The van der Waals surface area contributed by atoms with E-state index < -0.39 is 12.0 Å². The van der Waals surface area contributed by atoms with Crippen LogP contribution in [0, 0.1) is 4.77 Å². The van der Waals surface area contributed by atoms with Gasteiger partial charge in [-0.05, 0) is 25.1 Å². The van der Waals surface area contributed by atoms with Crippen LogP contribution in [0.25, 0.3) is 11.4 Å². The molecule has 0 fully saturated rings. The lowest BCUT2D eigenvalue weighted by Gasteiger charge is -2.14. The van der Waals surface area contributed by atoms with E-state index in [0.29, 0.717) is 30.7 Å². The summed E-state index contributed by atoms with van der Waals surface area (Å²) in [6.45, 7) is 1.02. The summed E-state index contributed by atoms with van der Waals surface area (Å²) in [7, 11) is 0. The van der Waals surface area contributed by atoms with Crippen LogP contribution in [-0.4, -0.2) is 41.9 Å². The van der Waals surface area contributed by atoms with E-state index in [4.69, 9.17) is 12.2 Å². The first-order valence-electron chi connectivity index (χ1n) is 8.29. The van der Waals surface area contributed by atoms with Gasteiger partial charge in [0.2, 0.25) is 0 Å². The fourth-order valence-electron chi connectivity index (χ4n) is 2.71. The van der Waals surface area contributed by atoms with Gasteiger partial charge in [0.15, 0.2) is 10.6 Å². The molecule has 0 saturated carbocycles. The third-order valence-electron chi connectivity index (χ3n) is 4.06. The number of nitrogens with one attached hydrogen (secondary N) is 3. The van der Waals surface area contributed by atoms with Crippen LogP contribution in [0.5, 0.6) is 0 Å². The van der Waals surface area contributed by atoms with Crippen LogP contribution in [0.1, 0.15) is 18.5 Å². The Kier molecular flexibility index (Phi) is 5.92. The largest absolute Gasteiger partial charge is 0.480 e. The minimum atomic E-state index is -0.872. The number of carbonyl (C=O) groups is 1. The molecule has 3 rings (SSSR count). The molecule has 4 N–H and O–H groups in total. The maximum Gasteiger partial charge on any atom is 0.320 e. The zero-order valence-corrected chi connectivity index (χ0v) is 14.9. The van der Waals surface area contributed by atoms with Crippen LogP contribution in [0.15, 0.2) is 42.9 Å². The van der Waals surface area contributed by atoms with Crippen molar-refractivity contribution >= 4 is 18.2 Å². The number of imidazole rings is 1. The monoisotopic (exact) mass is 372 g/mol. The Morgan fingerprint density at radius 3 is 2.85 bits per heavy atom. The smallest absolute Gasteiger partial charge is 0.320 e. The number of rotatable bonds is 9. The van der Waals surface area contributed by atoms with Gasteiger partial charge in [-0.25, -0.2) is 4.98 Å². The average Bonchev–Trinajstić information content (AvgIpc) is 3.28. The molecule has 8 nitrogen and oxygen atoms in total. The lowest BCUT2D eigenvalue weighted by molar-refractivity contribution is -0.139. The molecular formula is C17H20N6O2S. The quantitative estimate of drug-likeness (QED) is 0.429. The molecule has 2 heterocycles. The van der Waals surface area contributed by atoms with Gasteiger partial charge in [0, 0.05) is 30.5 Å². The van der Waals surface area contributed by atoms with Crippen molar-refractivity contribution < 1.29 is 9.90 Å². The van der Waals surface area contributed by atoms with Crippen LogP contribution < -0.4 is 5.32 Å². The Balaban J connectivity index is 1.60. The summed E-state index contributed by atoms with van der Waals surface area (Å²) >= 11 is 5.31. The van der Waals surface area contributed by atoms with E-state index in [1.54, 1.807) is 12.5 Å². The van der Waals surface area contributed by atoms with E-state index in [-0.39, 0.29) is 0 Å². The third kappa shape index (κ3) is 4.44. The highest BCUT2D eigenvalue weighted by atomic mass is 32.1. The lowest BCUT2D eigenvalue weighted by Crippen LogP contribution is -2.36. The molecule has 0 unspecified atom stereocenters. The Morgan fingerprint density at radius 2 is 2.15 bits per heavy atom. The van der Waals surface area contributed by atoms with Gasteiger partial charge >= 0.3 is 5.97 Å². The average molecular weight is 372 g/mol. The fourth-order valence-corrected chi connectivity index (χ4v) is 2.94. The van der Waals surface area contributed by atoms with Crippen molar-refractivity contribution in [3.05, 3.63) is 53.3 Å². The predicted octanol–water partition coefficient (Wildman–Crippen LogP) is 2.35. The number of aliphatic carboxylic acids is 1. The van der Waals surface area contributed by atoms with Crippen LogP contribution >= 0.6 is 12.2 Å². The van der Waals surface area contributed by atoms with Crippen molar-refractivity contribution in [3.8, 4) is 11.4 Å². The second-order valence-corrected chi connectivity index (χ2v) is 6.25. The van der Waals surface area contributed by atoms with Crippen molar-refractivity contribution in [2.45, 2.75) is 32.0 Å². The van der Waals surface area contributed by atoms with E-state index in [1.165, 1.54) is 0 Å². The number of aromatic amines is 2. The Labute approximate surface area is 155 Å². The molecule has 0 radical (unpaired) electrons. The standard InChI is InChI=1S/C17H20N6O2S/c24-16(25)14(19-10-13-9-18-11-20-13)7-4-8-23-15(21-22-17(23)26)12-5-2-1-3-6-12/h1-3,5-6,9,11,14,19H,4,7-8,10H2,(H,18,20)(H,22,26)(H,24,25)/t14-/m0/s1. The molecular weight excluding hydrogens is 352 g/mol. The maximum atomic E-state index is 11.5. The van der Waals surface area contributed by atoms with Crippen LogP contribution in [0.3, 0.4) is 0 Å². The Hall–Kier alpha value is -2.78. The van der Waals surface area contributed by atoms with E-state index >= 15 is 0 Å². The van der Waals surface area contributed by atoms with Gasteiger partial charge in [0.25, 0.3) is 0 Å². The molecule has 26 heavy (non-hydrogen) atoms. The van der Waals surface area contributed by atoms with Gasteiger partial charge in [0.05, 0.1) is 6.33 Å². The molecule has 0 aliphatic carbocycles. The number of nitrogens with zero attached hydrogens (tertiary/aromatic N) is 3. The second-order valence-electron chi connectivity index (χ2n) is 5.86. The molecule has 136 valence electrons. The summed E-state index contributed by atoms with van der Waals surface area (Å²) < 4.78 is 2.43. The summed E-state index contributed by atoms with van der Waals surface area (Å²) in [5, 5.41) is 19.5. The highest BCUT2D eigenvalue weighted by Gasteiger charge is 2.17. The first-order valence-corrected chi connectivity index (χ1v) is 8.70. The summed E-state index contributed by atoms with van der Waals surface area (Å²) in [5.41, 5.74) is 1.81. The van der Waals surface area contributed by atoms with Gasteiger partial charge in [-0.15, -0.1) is 0 Å². The van der Waals surface area contributed by atoms with Crippen LogP contribution in [0.4, 0.5) is 0 Å². The lowest BCUT2D eigenvalue weighted by atomic mass is 10.1. The molecule has 0 aliphatic heterocycles. The van der Waals surface area contributed by atoms with Gasteiger partial charge in [0.1, 0.15) is 6.04 Å². The van der Waals surface area contributed by atoms with Crippen molar-refractivity contribution in [3.63, 3.8) is 0 Å². The number of benzene rings is 1. The van der Waals surface area contributed by atoms with Crippen LogP contribution in [-0.2, 0) is 17.9 Å². The number of carboxylic acids is 1. The summed E-state index contributed by atoms with van der Waals surface area (Å²) in [4.78, 5) is 18.3. The number of H-pyrrole nitrogens is 2. The third-order valence-corrected chi connectivity index (χ3v) is 4.37. The molecule has 3 aromatic rings. The molecule has 1 atom stereocenters. The van der Waals surface area contributed by atoms with E-state index in [0.717, 1.165) is 17.1 Å². The SMILES string of the molecule is O=C(O)[C@H](CCCn1c(-c2ccccc2)n[nH]c1=S)NCc1cnc[nH]1. The number of carboxylic acid groups (broad SMARTS) is 1. The summed E-state index contributed by atoms with van der Waals surface area (Å²) in [5.74, 6) is -0.114. The normalized spacial score (nSPS) is 12.2. The Bertz CT molecular complexity index is 888. The van der Waals surface area contributed by atoms with E-state index in [1.807, 2.05) is 34.9 Å². The number of aromatic nitrogens is 5. The van der Waals surface area contributed by atoms with Crippen molar-refractivity contribution in [2.75, 3.05) is 0 Å². The Morgan fingerprint density at radius 1 is 1.35 bits per heavy atom. The van der Waals surface area contributed by atoms with Gasteiger partial charge in [-0.2, -0.15) is 5.10 Å². The molecule has 0 saturated heterocycles. The highest BCUT2D eigenvalue weighted by Crippen LogP contribution is 2.17. The topological polar surface area (TPSA) is 112 Å². The van der Waals surface area contributed by atoms with E-state index in [2.05, 4.69) is 25.5 Å². The predicted molar refractivity (Wildman–Crippen MR) is 98.9 cm³/mol. The molecule has 1 aromatic carbocycles. The molecule has 0 aliphatic rings. The van der Waals surface area contributed by atoms with Crippen molar-refractivity contribution in [1.29, 1.82) is 0 Å².